The summed E-state index contributed by atoms with van der Waals surface area (Å²) < 4.78 is 39.3. The highest BCUT2D eigenvalue weighted by Gasteiger charge is 2.41. The van der Waals surface area contributed by atoms with Gasteiger partial charge in [-0.25, -0.2) is 0 Å². The summed E-state index contributed by atoms with van der Waals surface area (Å²) in [5.41, 5.74) is 0.111. The predicted octanol–water partition coefficient (Wildman–Crippen LogP) is 2.84. The largest absolute Gasteiger partial charge is 0.396 e. The highest BCUT2D eigenvalue weighted by Crippen LogP contribution is 2.37. The maximum Gasteiger partial charge on any atom is 0.396 e. The molecule has 2 atom stereocenters. The summed E-state index contributed by atoms with van der Waals surface area (Å²) in [7, 11) is 0. The van der Waals surface area contributed by atoms with Crippen LogP contribution < -0.4 is 10.6 Å². The zero-order valence-electron chi connectivity index (χ0n) is 12.2. The number of halogens is 3. The zero-order chi connectivity index (χ0) is 15.9. The van der Waals surface area contributed by atoms with Crippen LogP contribution in [-0.4, -0.2) is 31.2 Å². The van der Waals surface area contributed by atoms with Crippen LogP contribution in [-0.2, 0) is 4.79 Å². The first-order valence-corrected chi connectivity index (χ1v) is 6.96. The molecule has 118 valence electrons. The molecule has 1 amide bonds. The Balaban J connectivity index is 2.64. The van der Waals surface area contributed by atoms with Gasteiger partial charge in [0.25, 0.3) is 0 Å². The van der Waals surface area contributed by atoms with Crippen molar-refractivity contribution in [1.29, 1.82) is 0 Å². The molecular formula is C15H21F3N2O. The minimum absolute atomic E-state index is 0.0278. The molecule has 0 aliphatic carbocycles. The molecule has 6 heteroatoms. The third-order valence-corrected chi connectivity index (χ3v) is 3.14. The van der Waals surface area contributed by atoms with Gasteiger partial charge in [-0.1, -0.05) is 37.3 Å². The second-order valence-corrected chi connectivity index (χ2v) is 4.97. The molecule has 0 heterocycles. The lowest BCUT2D eigenvalue weighted by Gasteiger charge is -2.21. The molecule has 0 aliphatic rings. The van der Waals surface area contributed by atoms with Crippen molar-refractivity contribution in [2.24, 2.45) is 0 Å². The lowest BCUT2D eigenvalue weighted by Crippen LogP contribution is -2.40. The summed E-state index contributed by atoms with van der Waals surface area (Å²) in [6.45, 7) is 4.84. The topological polar surface area (TPSA) is 41.1 Å². The molecule has 0 radical (unpaired) electrons. The van der Waals surface area contributed by atoms with Crippen molar-refractivity contribution in [2.75, 3.05) is 13.1 Å². The van der Waals surface area contributed by atoms with E-state index in [1.807, 2.05) is 13.8 Å². The van der Waals surface area contributed by atoms with Gasteiger partial charge in [-0.3, -0.25) is 4.79 Å². The van der Waals surface area contributed by atoms with Crippen molar-refractivity contribution in [1.82, 2.24) is 10.6 Å². The summed E-state index contributed by atoms with van der Waals surface area (Å²) >= 11 is 0. The average molecular weight is 302 g/mol. The lowest BCUT2D eigenvalue weighted by molar-refractivity contribution is -0.157. The SMILES string of the molecule is CCN[C@H](C)CNC(=O)CC(c1ccccc1)C(F)(F)F. The van der Waals surface area contributed by atoms with Gasteiger partial charge in [0.05, 0.1) is 5.92 Å². The summed E-state index contributed by atoms with van der Waals surface area (Å²) in [4.78, 5) is 11.7. The maximum atomic E-state index is 13.1. The molecule has 0 aromatic heterocycles. The van der Waals surface area contributed by atoms with Crippen LogP contribution in [0.1, 0.15) is 31.7 Å². The molecule has 0 saturated carbocycles. The average Bonchev–Trinajstić information content (AvgIpc) is 2.42. The van der Waals surface area contributed by atoms with Crippen molar-refractivity contribution in [3.05, 3.63) is 35.9 Å². The van der Waals surface area contributed by atoms with Crippen LogP contribution in [0, 0.1) is 0 Å². The summed E-state index contributed by atoms with van der Waals surface area (Å²) in [6, 6.07) is 7.55. The Morgan fingerprint density at radius 1 is 1.24 bits per heavy atom. The van der Waals surface area contributed by atoms with E-state index in [0.717, 1.165) is 6.54 Å². The first-order chi connectivity index (χ1) is 9.84. The van der Waals surface area contributed by atoms with Gasteiger partial charge in [-0.05, 0) is 19.0 Å². The van der Waals surface area contributed by atoms with Gasteiger partial charge in [0, 0.05) is 19.0 Å². The van der Waals surface area contributed by atoms with Gasteiger partial charge in [-0.15, -0.1) is 0 Å². The predicted molar refractivity (Wildman–Crippen MR) is 76.0 cm³/mol. The Hall–Kier alpha value is -1.56. The van der Waals surface area contributed by atoms with Gasteiger partial charge >= 0.3 is 6.18 Å². The number of hydrogen-bond donors (Lipinski definition) is 2. The van der Waals surface area contributed by atoms with Gasteiger partial charge in [0.1, 0.15) is 0 Å². The molecule has 1 aromatic carbocycles. The summed E-state index contributed by atoms with van der Waals surface area (Å²) in [6.07, 6.45) is -5.03. The summed E-state index contributed by atoms with van der Waals surface area (Å²) in [5, 5.41) is 5.62. The highest BCUT2D eigenvalue weighted by atomic mass is 19.4. The van der Waals surface area contributed by atoms with E-state index in [9.17, 15) is 18.0 Å². The maximum absolute atomic E-state index is 13.1. The third kappa shape index (κ3) is 6.16. The smallest absolute Gasteiger partial charge is 0.355 e. The zero-order valence-corrected chi connectivity index (χ0v) is 12.2. The van der Waals surface area contributed by atoms with Crippen LogP contribution in [0.4, 0.5) is 13.2 Å². The number of nitrogens with one attached hydrogen (secondary N) is 2. The van der Waals surface area contributed by atoms with Crippen LogP contribution in [0.3, 0.4) is 0 Å². The van der Waals surface area contributed by atoms with E-state index in [1.54, 1.807) is 18.2 Å². The second-order valence-electron chi connectivity index (χ2n) is 4.97. The van der Waals surface area contributed by atoms with Crippen LogP contribution in [0.2, 0.25) is 0 Å². The Bertz CT molecular complexity index is 434. The molecular weight excluding hydrogens is 281 g/mol. The van der Waals surface area contributed by atoms with E-state index < -0.39 is 24.4 Å². The fourth-order valence-electron chi connectivity index (χ4n) is 2.05. The molecule has 2 N–H and O–H groups in total. The molecule has 0 fully saturated rings. The normalized spacial score (nSPS) is 14.5. The van der Waals surface area contributed by atoms with Gasteiger partial charge < -0.3 is 10.6 Å². The number of likely N-dealkylation sites (N-methyl/N-ethyl adjacent to an activating group) is 1. The minimum atomic E-state index is -4.44. The molecule has 0 bridgehead atoms. The van der Waals surface area contributed by atoms with Crippen molar-refractivity contribution < 1.29 is 18.0 Å². The molecule has 3 nitrogen and oxygen atoms in total. The van der Waals surface area contributed by atoms with Gasteiger partial charge in [0.15, 0.2) is 0 Å². The molecule has 21 heavy (non-hydrogen) atoms. The summed E-state index contributed by atoms with van der Waals surface area (Å²) in [5.74, 6) is -2.36. The quantitative estimate of drug-likeness (QED) is 0.813. The third-order valence-electron chi connectivity index (χ3n) is 3.14. The lowest BCUT2D eigenvalue weighted by atomic mass is 9.95. The van der Waals surface area contributed by atoms with E-state index in [1.165, 1.54) is 12.1 Å². The van der Waals surface area contributed by atoms with E-state index in [0.29, 0.717) is 6.54 Å². The monoisotopic (exact) mass is 302 g/mol. The van der Waals surface area contributed by atoms with Gasteiger partial charge in [-0.2, -0.15) is 13.2 Å². The first-order valence-electron chi connectivity index (χ1n) is 6.96. The Kier molecular flexibility index (Phi) is 6.68. The van der Waals surface area contributed by atoms with Crippen molar-refractivity contribution in [2.45, 2.75) is 38.4 Å². The molecule has 1 rings (SSSR count). The van der Waals surface area contributed by atoms with Crippen molar-refractivity contribution in [3.63, 3.8) is 0 Å². The number of rotatable bonds is 7. The van der Waals surface area contributed by atoms with Gasteiger partial charge in [0.2, 0.25) is 5.91 Å². The number of benzene rings is 1. The minimum Gasteiger partial charge on any atom is -0.355 e. The van der Waals surface area contributed by atoms with E-state index in [2.05, 4.69) is 10.6 Å². The number of carbonyl (C=O) groups excluding carboxylic acids is 1. The Labute approximate surface area is 122 Å². The number of alkyl halides is 3. The standard InChI is InChI=1S/C15H21F3N2O/c1-3-19-11(2)10-20-14(21)9-13(15(16,17)18)12-7-5-4-6-8-12/h4-8,11,13,19H,3,9-10H2,1-2H3,(H,20,21)/t11-,13?/m1/s1. The van der Waals surface area contributed by atoms with Crippen LogP contribution >= 0.6 is 0 Å². The Morgan fingerprint density at radius 2 is 1.86 bits per heavy atom. The molecule has 0 saturated heterocycles. The molecule has 1 aromatic rings. The van der Waals surface area contributed by atoms with Crippen molar-refractivity contribution in [3.8, 4) is 0 Å². The number of amides is 1. The molecule has 1 unspecified atom stereocenters. The Morgan fingerprint density at radius 3 is 2.38 bits per heavy atom. The van der Waals surface area contributed by atoms with Crippen LogP contribution in [0.5, 0.6) is 0 Å². The second kappa shape index (κ2) is 8.02. The molecule has 0 aliphatic heterocycles. The van der Waals surface area contributed by atoms with Crippen LogP contribution in [0.15, 0.2) is 30.3 Å². The molecule has 0 spiro atoms. The number of hydrogen-bond acceptors (Lipinski definition) is 2. The van der Waals surface area contributed by atoms with E-state index >= 15 is 0 Å². The highest BCUT2D eigenvalue weighted by molar-refractivity contribution is 5.77. The van der Waals surface area contributed by atoms with E-state index in [-0.39, 0.29) is 11.6 Å². The number of carbonyl (C=O) groups is 1. The first kappa shape index (κ1) is 17.5. The van der Waals surface area contributed by atoms with Crippen molar-refractivity contribution >= 4 is 5.91 Å². The fraction of sp³-hybridized carbons (Fsp3) is 0.533. The van der Waals surface area contributed by atoms with E-state index in [4.69, 9.17) is 0 Å². The van der Waals surface area contributed by atoms with Crippen LogP contribution in [0.25, 0.3) is 0 Å². The fourth-order valence-corrected chi connectivity index (χ4v) is 2.05.